The van der Waals surface area contributed by atoms with E-state index in [9.17, 15) is 12.8 Å². The fraction of sp³-hybridized carbons (Fsp3) is 0.571. The van der Waals surface area contributed by atoms with Gasteiger partial charge >= 0.3 is 0 Å². The topological polar surface area (TPSA) is 72.2 Å². The molecule has 0 aromatic heterocycles. The highest BCUT2D eigenvalue weighted by Gasteiger charge is 2.53. The van der Waals surface area contributed by atoms with Crippen LogP contribution in [0.5, 0.6) is 0 Å². The average Bonchev–Trinajstić information content (AvgIpc) is 3.30. The number of halogens is 2. The first-order valence-corrected chi connectivity index (χ1v) is 9.33. The molecule has 0 bridgehead atoms. The monoisotopic (exact) mass is 376 g/mol. The van der Waals surface area contributed by atoms with E-state index in [2.05, 4.69) is 20.7 Å². The van der Waals surface area contributed by atoms with Crippen molar-refractivity contribution >= 4 is 26.0 Å². The number of hydrogen-bond donors (Lipinski definition) is 2. The second kappa shape index (κ2) is 5.30. The predicted molar refractivity (Wildman–Crippen MR) is 81.6 cm³/mol. The predicted octanol–water partition coefficient (Wildman–Crippen LogP) is 2.52. The zero-order chi connectivity index (χ0) is 15.3. The minimum absolute atomic E-state index is 0.0419. The molecule has 2 aliphatic carbocycles. The molecule has 0 spiro atoms. The molecule has 0 saturated heterocycles. The van der Waals surface area contributed by atoms with Gasteiger partial charge in [0.05, 0.1) is 0 Å². The van der Waals surface area contributed by atoms with Gasteiger partial charge in [-0.2, -0.15) is 0 Å². The molecule has 4 nitrogen and oxygen atoms in total. The van der Waals surface area contributed by atoms with Gasteiger partial charge in [-0.1, -0.05) is 15.9 Å². The number of rotatable bonds is 6. The molecule has 2 saturated carbocycles. The normalized spacial score (nSPS) is 20.5. The second-order valence-corrected chi connectivity index (χ2v) is 8.69. The molecule has 3 rings (SSSR count). The van der Waals surface area contributed by atoms with E-state index < -0.39 is 15.8 Å². The molecule has 0 unspecified atom stereocenters. The number of nitrogens with two attached hydrogens (primary N) is 1. The van der Waals surface area contributed by atoms with Crippen LogP contribution in [0.3, 0.4) is 0 Å². The van der Waals surface area contributed by atoms with Gasteiger partial charge in [0.15, 0.2) is 0 Å². The van der Waals surface area contributed by atoms with Crippen LogP contribution < -0.4 is 10.5 Å². The van der Waals surface area contributed by atoms with Crippen LogP contribution in [-0.4, -0.2) is 15.0 Å². The van der Waals surface area contributed by atoms with Gasteiger partial charge in [-0.25, -0.2) is 17.5 Å². The van der Waals surface area contributed by atoms with Crippen LogP contribution >= 0.6 is 15.9 Å². The summed E-state index contributed by atoms with van der Waals surface area (Å²) in [6, 6.07) is 2.79. The fourth-order valence-corrected chi connectivity index (χ4v) is 4.80. The zero-order valence-corrected chi connectivity index (χ0v) is 13.9. The minimum atomic E-state index is -3.86. The van der Waals surface area contributed by atoms with Gasteiger partial charge in [-0.3, -0.25) is 0 Å². The maximum absolute atomic E-state index is 14.2. The largest absolute Gasteiger partial charge is 0.326 e. The molecule has 0 amide bonds. The molecule has 21 heavy (non-hydrogen) atoms. The third-order valence-electron chi connectivity index (χ3n) is 4.54. The molecular weight excluding hydrogens is 359 g/mol. The summed E-state index contributed by atoms with van der Waals surface area (Å²) in [7, 11) is -3.86. The SMILES string of the molecule is NCc1cc(Br)cc(S(=O)(=O)NCC2(C3CC3)CC2)c1F. The molecule has 1 aromatic carbocycles. The van der Waals surface area contributed by atoms with E-state index in [1.807, 2.05) is 0 Å². The zero-order valence-electron chi connectivity index (χ0n) is 11.5. The van der Waals surface area contributed by atoms with Crippen molar-refractivity contribution in [2.75, 3.05) is 6.54 Å². The molecule has 0 aliphatic heterocycles. The quantitative estimate of drug-likeness (QED) is 0.800. The molecule has 0 radical (unpaired) electrons. The smallest absolute Gasteiger partial charge is 0.243 e. The average molecular weight is 377 g/mol. The Morgan fingerprint density at radius 2 is 2.05 bits per heavy atom. The molecule has 7 heteroatoms. The Morgan fingerprint density at radius 3 is 2.57 bits per heavy atom. The number of benzene rings is 1. The van der Waals surface area contributed by atoms with Gasteiger partial charge in [-0.05, 0) is 49.1 Å². The van der Waals surface area contributed by atoms with Crippen LogP contribution in [0, 0.1) is 17.2 Å². The summed E-state index contributed by atoms with van der Waals surface area (Å²) in [4.78, 5) is -0.330. The minimum Gasteiger partial charge on any atom is -0.326 e. The third-order valence-corrected chi connectivity index (χ3v) is 6.40. The summed E-state index contributed by atoms with van der Waals surface area (Å²) in [5, 5.41) is 0. The first-order valence-electron chi connectivity index (χ1n) is 7.06. The van der Waals surface area contributed by atoms with Crippen LogP contribution in [0.1, 0.15) is 31.2 Å². The standard InChI is InChI=1S/C14H18BrFN2O2S/c15-11-5-9(7-17)13(16)12(6-11)21(19,20)18-8-14(3-4-14)10-1-2-10/h5-6,10,18H,1-4,7-8,17H2. The Bertz CT molecular complexity index is 670. The van der Waals surface area contributed by atoms with E-state index in [-0.39, 0.29) is 22.4 Å². The van der Waals surface area contributed by atoms with E-state index in [4.69, 9.17) is 5.73 Å². The van der Waals surface area contributed by atoms with E-state index in [1.54, 1.807) is 0 Å². The summed E-state index contributed by atoms with van der Waals surface area (Å²) in [5.41, 5.74) is 5.78. The van der Waals surface area contributed by atoms with Crippen molar-refractivity contribution in [3.8, 4) is 0 Å². The Morgan fingerprint density at radius 1 is 1.38 bits per heavy atom. The molecular formula is C14H18BrFN2O2S. The Balaban J connectivity index is 1.83. The van der Waals surface area contributed by atoms with Crippen molar-refractivity contribution in [3.05, 3.63) is 28.0 Å². The number of nitrogens with one attached hydrogen (secondary N) is 1. The Hall–Kier alpha value is -0.500. The van der Waals surface area contributed by atoms with E-state index >= 15 is 0 Å². The van der Waals surface area contributed by atoms with Gasteiger partial charge in [0.1, 0.15) is 10.7 Å². The van der Waals surface area contributed by atoms with E-state index in [0.29, 0.717) is 16.9 Å². The molecule has 2 fully saturated rings. The summed E-state index contributed by atoms with van der Waals surface area (Å²) in [5.74, 6) is -0.114. The summed E-state index contributed by atoms with van der Waals surface area (Å²) in [6.45, 7) is 0.365. The summed E-state index contributed by atoms with van der Waals surface area (Å²) in [6.07, 6.45) is 4.50. The highest BCUT2D eigenvalue weighted by Crippen LogP contribution is 2.60. The first-order chi connectivity index (χ1) is 9.88. The molecule has 116 valence electrons. The molecule has 0 atom stereocenters. The van der Waals surface area contributed by atoms with Crippen LogP contribution in [-0.2, 0) is 16.6 Å². The Kier molecular flexibility index (Phi) is 3.88. The molecule has 2 aliphatic rings. The van der Waals surface area contributed by atoms with Crippen molar-refractivity contribution in [1.29, 1.82) is 0 Å². The number of hydrogen-bond acceptors (Lipinski definition) is 3. The van der Waals surface area contributed by atoms with Gasteiger partial charge in [0, 0.05) is 23.1 Å². The van der Waals surface area contributed by atoms with Gasteiger partial charge < -0.3 is 5.73 Å². The van der Waals surface area contributed by atoms with Gasteiger partial charge in [-0.15, -0.1) is 0 Å². The Labute approximate surface area is 132 Å². The molecule has 0 heterocycles. The number of sulfonamides is 1. The highest BCUT2D eigenvalue weighted by molar-refractivity contribution is 9.10. The maximum Gasteiger partial charge on any atom is 0.243 e. The lowest BCUT2D eigenvalue weighted by Crippen LogP contribution is -2.32. The maximum atomic E-state index is 14.2. The van der Waals surface area contributed by atoms with Crippen molar-refractivity contribution in [2.45, 2.75) is 37.1 Å². The van der Waals surface area contributed by atoms with Crippen LogP contribution in [0.15, 0.2) is 21.5 Å². The lowest BCUT2D eigenvalue weighted by atomic mass is 10.0. The second-order valence-electron chi connectivity index (χ2n) is 6.04. The van der Waals surface area contributed by atoms with Gasteiger partial charge in [0.2, 0.25) is 10.0 Å². The van der Waals surface area contributed by atoms with Crippen LogP contribution in [0.2, 0.25) is 0 Å². The van der Waals surface area contributed by atoms with Crippen LogP contribution in [0.4, 0.5) is 4.39 Å². The van der Waals surface area contributed by atoms with Crippen molar-refractivity contribution in [3.63, 3.8) is 0 Å². The van der Waals surface area contributed by atoms with Gasteiger partial charge in [0.25, 0.3) is 0 Å². The highest BCUT2D eigenvalue weighted by atomic mass is 79.9. The van der Waals surface area contributed by atoms with Crippen molar-refractivity contribution in [1.82, 2.24) is 4.72 Å². The van der Waals surface area contributed by atoms with E-state index in [0.717, 1.165) is 12.8 Å². The first kappa shape index (κ1) is 15.4. The van der Waals surface area contributed by atoms with Crippen LogP contribution in [0.25, 0.3) is 0 Å². The summed E-state index contributed by atoms with van der Waals surface area (Å²) >= 11 is 3.20. The molecule has 1 aromatic rings. The lowest BCUT2D eigenvalue weighted by Gasteiger charge is -2.16. The lowest BCUT2D eigenvalue weighted by molar-refractivity contribution is 0.431. The van der Waals surface area contributed by atoms with Crippen molar-refractivity contribution in [2.24, 2.45) is 17.1 Å². The summed E-state index contributed by atoms with van der Waals surface area (Å²) < 4.78 is 42.1. The van der Waals surface area contributed by atoms with Crippen molar-refractivity contribution < 1.29 is 12.8 Å². The fourth-order valence-electron chi connectivity index (χ4n) is 2.86. The molecule has 3 N–H and O–H groups in total. The van der Waals surface area contributed by atoms with E-state index in [1.165, 1.54) is 25.0 Å². The third kappa shape index (κ3) is 3.02.